The number of nitrogens with one attached hydrogen (secondary N) is 4. The van der Waals surface area contributed by atoms with Crippen LogP contribution in [0.4, 0.5) is 0 Å². The SMILES string of the molecule is CCC(CC)NC(CCC(=O)NC(CC(=O)O)C(=O)NC(Cc1ccccc1)C(=O)NC(CS)C(=O)O)C(=O)O. The van der Waals surface area contributed by atoms with Crippen LogP contribution in [-0.2, 0) is 35.2 Å². The molecule has 0 aliphatic heterocycles. The van der Waals surface area contributed by atoms with Gasteiger partial charge in [-0.2, -0.15) is 12.6 Å². The van der Waals surface area contributed by atoms with Gasteiger partial charge in [-0.1, -0.05) is 44.2 Å². The van der Waals surface area contributed by atoms with Crippen LogP contribution in [0.2, 0.25) is 0 Å². The zero-order chi connectivity index (χ0) is 30.2. The van der Waals surface area contributed by atoms with E-state index in [0.717, 1.165) is 0 Å². The van der Waals surface area contributed by atoms with Gasteiger partial charge in [0.1, 0.15) is 24.2 Å². The summed E-state index contributed by atoms with van der Waals surface area (Å²) in [5.74, 6) is -6.65. The second-order valence-corrected chi connectivity index (χ2v) is 9.53. The van der Waals surface area contributed by atoms with Crippen molar-refractivity contribution in [1.82, 2.24) is 21.3 Å². The summed E-state index contributed by atoms with van der Waals surface area (Å²) in [6.07, 6.45) is 0.119. The Morgan fingerprint density at radius 1 is 0.775 bits per heavy atom. The summed E-state index contributed by atoms with van der Waals surface area (Å²) in [5, 5.41) is 38.0. The second kappa shape index (κ2) is 17.8. The highest BCUT2D eigenvalue weighted by Crippen LogP contribution is 2.08. The Hall–Kier alpha value is -3.65. The molecule has 3 amide bonds. The van der Waals surface area contributed by atoms with Crippen molar-refractivity contribution in [2.45, 2.75) is 82.6 Å². The third-order valence-corrected chi connectivity index (χ3v) is 6.49. The van der Waals surface area contributed by atoms with E-state index in [1.54, 1.807) is 30.3 Å². The number of carbonyl (C=O) groups excluding carboxylic acids is 3. The van der Waals surface area contributed by atoms with E-state index in [4.69, 9.17) is 0 Å². The van der Waals surface area contributed by atoms with Crippen LogP contribution >= 0.6 is 12.6 Å². The topological polar surface area (TPSA) is 211 Å². The zero-order valence-electron chi connectivity index (χ0n) is 22.5. The molecule has 0 spiro atoms. The van der Waals surface area contributed by atoms with Crippen LogP contribution in [0.3, 0.4) is 0 Å². The molecule has 0 heterocycles. The summed E-state index contributed by atoms with van der Waals surface area (Å²) in [4.78, 5) is 73.0. The zero-order valence-corrected chi connectivity index (χ0v) is 23.4. The van der Waals surface area contributed by atoms with Gasteiger partial charge in [0.2, 0.25) is 17.7 Å². The predicted octanol–water partition coefficient (Wildman–Crippen LogP) is 0.184. The Morgan fingerprint density at radius 2 is 1.32 bits per heavy atom. The predicted molar refractivity (Wildman–Crippen MR) is 148 cm³/mol. The highest BCUT2D eigenvalue weighted by atomic mass is 32.1. The van der Waals surface area contributed by atoms with Crippen LogP contribution in [0.25, 0.3) is 0 Å². The van der Waals surface area contributed by atoms with Crippen LogP contribution < -0.4 is 21.3 Å². The van der Waals surface area contributed by atoms with E-state index >= 15 is 0 Å². The maximum atomic E-state index is 13.1. The third kappa shape index (κ3) is 12.5. The molecule has 222 valence electrons. The van der Waals surface area contributed by atoms with Gasteiger partial charge in [0.15, 0.2) is 0 Å². The first-order valence-electron chi connectivity index (χ1n) is 12.9. The minimum absolute atomic E-state index is 0.0486. The number of hydrogen-bond acceptors (Lipinski definition) is 8. The molecule has 14 heteroatoms. The van der Waals surface area contributed by atoms with Crippen molar-refractivity contribution in [3.05, 3.63) is 35.9 Å². The molecular formula is C26H38N4O9S. The van der Waals surface area contributed by atoms with Crippen molar-refractivity contribution < 1.29 is 44.1 Å². The number of aliphatic carboxylic acids is 3. The van der Waals surface area contributed by atoms with Gasteiger partial charge in [-0.3, -0.25) is 24.0 Å². The molecule has 0 saturated carbocycles. The fourth-order valence-electron chi connectivity index (χ4n) is 3.80. The van der Waals surface area contributed by atoms with Crippen LogP contribution in [0.5, 0.6) is 0 Å². The Bertz CT molecular complexity index is 1020. The Morgan fingerprint density at radius 3 is 1.82 bits per heavy atom. The van der Waals surface area contributed by atoms with Crippen LogP contribution in [-0.4, -0.2) is 86.9 Å². The molecule has 1 aromatic carbocycles. The maximum Gasteiger partial charge on any atom is 0.327 e. The first kappa shape index (κ1) is 34.4. The molecule has 0 saturated heterocycles. The molecule has 4 atom stereocenters. The summed E-state index contributed by atoms with van der Waals surface area (Å²) in [6, 6.07) is 3.22. The number of thiol groups is 1. The third-order valence-electron chi connectivity index (χ3n) is 6.12. The van der Waals surface area contributed by atoms with Gasteiger partial charge >= 0.3 is 17.9 Å². The van der Waals surface area contributed by atoms with Crippen molar-refractivity contribution in [2.75, 3.05) is 5.75 Å². The van der Waals surface area contributed by atoms with Crippen LogP contribution in [0, 0.1) is 0 Å². The smallest absolute Gasteiger partial charge is 0.327 e. The van der Waals surface area contributed by atoms with E-state index in [9.17, 15) is 44.1 Å². The van der Waals surface area contributed by atoms with Gasteiger partial charge < -0.3 is 36.6 Å². The maximum absolute atomic E-state index is 13.1. The highest BCUT2D eigenvalue weighted by Gasteiger charge is 2.31. The average molecular weight is 583 g/mol. The summed E-state index contributed by atoms with van der Waals surface area (Å²) in [6.45, 7) is 3.79. The summed E-state index contributed by atoms with van der Waals surface area (Å²) >= 11 is 3.91. The van der Waals surface area contributed by atoms with Crippen molar-refractivity contribution in [1.29, 1.82) is 0 Å². The second-order valence-electron chi connectivity index (χ2n) is 9.16. The number of carboxylic acid groups (broad SMARTS) is 3. The fourth-order valence-corrected chi connectivity index (χ4v) is 4.05. The van der Waals surface area contributed by atoms with Gasteiger partial charge in [-0.15, -0.1) is 0 Å². The molecule has 0 fully saturated rings. The molecule has 0 aliphatic rings. The lowest BCUT2D eigenvalue weighted by molar-refractivity contribution is -0.142. The number of rotatable bonds is 19. The highest BCUT2D eigenvalue weighted by molar-refractivity contribution is 7.80. The number of carboxylic acids is 3. The average Bonchev–Trinajstić information content (AvgIpc) is 2.90. The first-order valence-corrected chi connectivity index (χ1v) is 13.5. The summed E-state index contributed by atoms with van der Waals surface area (Å²) < 4.78 is 0. The molecule has 0 aromatic heterocycles. The normalized spacial score (nSPS) is 13.9. The van der Waals surface area contributed by atoms with Crippen molar-refractivity contribution in [3.63, 3.8) is 0 Å². The number of hydrogen-bond donors (Lipinski definition) is 8. The van der Waals surface area contributed by atoms with Crippen molar-refractivity contribution in [2.24, 2.45) is 0 Å². The fraction of sp³-hybridized carbons (Fsp3) is 0.538. The lowest BCUT2D eigenvalue weighted by atomic mass is 10.0. The molecular weight excluding hydrogens is 544 g/mol. The van der Waals surface area contributed by atoms with Gasteiger partial charge in [-0.25, -0.2) is 4.79 Å². The first-order chi connectivity index (χ1) is 18.9. The van der Waals surface area contributed by atoms with Gasteiger partial charge in [0.05, 0.1) is 6.42 Å². The molecule has 1 aromatic rings. The molecule has 7 N–H and O–H groups in total. The van der Waals surface area contributed by atoms with E-state index in [2.05, 4.69) is 33.9 Å². The van der Waals surface area contributed by atoms with Crippen molar-refractivity contribution >= 4 is 48.3 Å². The monoisotopic (exact) mass is 582 g/mol. The molecule has 0 aliphatic carbocycles. The number of benzene rings is 1. The summed E-state index contributed by atoms with van der Waals surface area (Å²) in [7, 11) is 0. The van der Waals surface area contributed by atoms with E-state index in [-0.39, 0.29) is 31.1 Å². The summed E-state index contributed by atoms with van der Waals surface area (Å²) in [5.41, 5.74) is 0.629. The van der Waals surface area contributed by atoms with Gasteiger partial charge in [0.25, 0.3) is 0 Å². The molecule has 40 heavy (non-hydrogen) atoms. The van der Waals surface area contributed by atoms with Crippen molar-refractivity contribution in [3.8, 4) is 0 Å². The van der Waals surface area contributed by atoms with Gasteiger partial charge in [0, 0.05) is 24.6 Å². The molecule has 13 nitrogen and oxygen atoms in total. The number of carbonyl (C=O) groups is 6. The minimum Gasteiger partial charge on any atom is -0.481 e. The van der Waals surface area contributed by atoms with E-state index in [1.165, 1.54) is 0 Å². The standard InChI is InChI=1S/C26H38N4O9S/c1-3-16(4-2)27-17(25(36)37)10-11-21(31)28-19(13-22(32)33)24(35)29-18(12-15-8-6-5-7-9-15)23(34)30-20(14-40)26(38)39/h5-9,16-20,27,40H,3-4,10-14H2,1-2H3,(H,28,31)(H,29,35)(H,30,34)(H,32,33)(H,36,37)(H,38,39). The molecule has 4 unspecified atom stereocenters. The Kier molecular flexibility index (Phi) is 15.3. The van der Waals surface area contributed by atoms with E-state index in [1.807, 2.05) is 13.8 Å². The van der Waals surface area contributed by atoms with Crippen LogP contribution in [0.1, 0.15) is 51.5 Å². The van der Waals surface area contributed by atoms with Gasteiger partial charge in [-0.05, 0) is 24.8 Å². The number of amides is 3. The van der Waals surface area contributed by atoms with Crippen LogP contribution in [0.15, 0.2) is 30.3 Å². The lowest BCUT2D eigenvalue weighted by Crippen LogP contribution is -2.57. The Labute approximate surface area is 237 Å². The Balaban J connectivity index is 3.02. The lowest BCUT2D eigenvalue weighted by Gasteiger charge is -2.24. The minimum atomic E-state index is -1.58. The van der Waals surface area contributed by atoms with E-state index in [0.29, 0.717) is 18.4 Å². The largest absolute Gasteiger partial charge is 0.481 e. The van der Waals surface area contributed by atoms with E-state index < -0.39 is 66.2 Å². The molecule has 1 rings (SSSR count). The molecule has 0 radical (unpaired) electrons. The quantitative estimate of drug-likeness (QED) is 0.104. The molecule has 0 bridgehead atoms.